The number of piperidine rings is 1. The van der Waals surface area contributed by atoms with Gasteiger partial charge in [0.2, 0.25) is 0 Å². The minimum absolute atomic E-state index is 0.0818. The number of benzene rings is 1. The zero-order valence-corrected chi connectivity index (χ0v) is 13.8. The van der Waals surface area contributed by atoms with Gasteiger partial charge >= 0.3 is 0 Å². The van der Waals surface area contributed by atoms with Gasteiger partial charge in [-0.15, -0.1) is 0 Å². The van der Waals surface area contributed by atoms with Crippen molar-refractivity contribution in [3.63, 3.8) is 0 Å². The number of imidazole rings is 1. The molecule has 0 aliphatic carbocycles. The van der Waals surface area contributed by atoms with Gasteiger partial charge in [0.15, 0.2) is 0 Å². The third kappa shape index (κ3) is 4.21. The van der Waals surface area contributed by atoms with Crippen molar-refractivity contribution >= 4 is 5.91 Å². The number of rotatable bonds is 5. The normalized spacial score (nSPS) is 18.1. The Balaban J connectivity index is 1.49. The Morgan fingerprint density at radius 2 is 2.13 bits per heavy atom. The van der Waals surface area contributed by atoms with Crippen LogP contribution in [0.4, 0.5) is 0 Å². The van der Waals surface area contributed by atoms with Gasteiger partial charge in [0.05, 0.1) is 6.33 Å². The summed E-state index contributed by atoms with van der Waals surface area (Å²) in [5, 5.41) is 0. The first-order chi connectivity index (χ1) is 11.2. The largest absolute Gasteiger partial charge is 0.340 e. The number of carbonyl (C=O) groups excluding carboxylic acids is 1. The van der Waals surface area contributed by atoms with Gasteiger partial charge in [-0.1, -0.05) is 30.3 Å². The molecule has 2 heterocycles. The van der Waals surface area contributed by atoms with Crippen LogP contribution >= 0.6 is 0 Å². The van der Waals surface area contributed by atoms with E-state index in [9.17, 15) is 4.79 Å². The molecule has 1 fully saturated rings. The second-order valence-corrected chi connectivity index (χ2v) is 6.56. The van der Waals surface area contributed by atoms with Crippen LogP contribution in [0.5, 0.6) is 0 Å². The van der Waals surface area contributed by atoms with E-state index >= 15 is 0 Å². The number of nitrogens with zero attached hydrogens (tertiary/aromatic N) is 3. The summed E-state index contributed by atoms with van der Waals surface area (Å²) in [6.45, 7) is 1.74. The zero-order valence-electron chi connectivity index (χ0n) is 13.8. The predicted octanol–water partition coefficient (Wildman–Crippen LogP) is 3.30. The van der Waals surface area contributed by atoms with E-state index < -0.39 is 0 Å². The standard InChI is InChI=1S/C19H25N3O/c1-21-14-18(20-15-21)19(23)22-12-6-11-17(13-22)10-5-9-16-7-3-2-4-8-16/h2-4,7-8,14-15,17H,5-6,9-13H2,1H3/t17-/m0/s1. The molecule has 1 aliphatic rings. The lowest BCUT2D eigenvalue weighted by Crippen LogP contribution is -2.40. The highest BCUT2D eigenvalue weighted by Gasteiger charge is 2.25. The van der Waals surface area contributed by atoms with E-state index in [2.05, 4.69) is 35.3 Å². The average Bonchev–Trinajstić information content (AvgIpc) is 3.02. The minimum atomic E-state index is 0.0818. The molecule has 0 N–H and O–H groups in total. The molecule has 0 saturated carbocycles. The van der Waals surface area contributed by atoms with Gasteiger partial charge < -0.3 is 9.47 Å². The van der Waals surface area contributed by atoms with E-state index in [4.69, 9.17) is 0 Å². The van der Waals surface area contributed by atoms with Gasteiger partial charge in [0, 0.05) is 26.3 Å². The summed E-state index contributed by atoms with van der Waals surface area (Å²) < 4.78 is 1.83. The topological polar surface area (TPSA) is 38.1 Å². The van der Waals surface area contributed by atoms with Gasteiger partial charge in [0.25, 0.3) is 5.91 Å². The number of hydrogen-bond acceptors (Lipinski definition) is 2. The lowest BCUT2D eigenvalue weighted by Gasteiger charge is -2.32. The van der Waals surface area contributed by atoms with E-state index in [1.165, 1.54) is 24.8 Å². The van der Waals surface area contributed by atoms with Crippen LogP contribution in [0.3, 0.4) is 0 Å². The Kier molecular flexibility index (Phi) is 5.11. The molecule has 0 spiro atoms. The smallest absolute Gasteiger partial charge is 0.274 e. The lowest BCUT2D eigenvalue weighted by atomic mass is 9.91. The van der Waals surface area contributed by atoms with E-state index in [-0.39, 0.29) is 5.91 Å². The first-order valence-electron chi connectivity index (χ1n) is 8.53. The van der Waals surface area contributed by atoms with Crippen LogP contribution < -0.4 is 0 Å². The molecule has 1 aromatic heterocycles. The summed E-state index contributed by atoms with van der Waals surface area (Å²) in [4.78, 5) is 18.7. The van der Waals surface area contributed by atoms with Crippen molar-refractivity contribution in [3.05, 3.63) is 54.1 Å². The molecule has 3 rings (SSSR count). The highest BCUT2D eigenvalue weighted by molar-refractivity contribution is 5.92. The molecule has 122 valence electrons. The number of amides is 1. The molecular weight excluding hydrogens is 286 g/mol. The Hall–Kier alpha value is -2.10. The average molecular weight is 311 g/mol. The van der Waals surface area contributed by atoms with E-state index in [0.29, 0.717) is 11.6 Å². The van der Waals surface area contributed by atoms with Gasteiger partial charge in [-0.2, -0.15) is 0 Å². The first kappa shape index (κ1) is 15.8. The van der Waals surface area contributed by atoms with Crippen molar-refractivity contribution in [1.29, 1.82) is 0 Å². The Labute approximate surface area is 138 Å². The van der Waals surface area contributed by atoms with Crippen molar-refractivity contribution < 1.29 is 4.79 Å². The lowest BCUT2D eigenvalue weighted by molar-refractivity contribution is 0.0661. The van der Waals surface area contributed by atoms with E-state index in [1.807, 2.05) is 16.5 Å². The second-order valence-electron chi connectivity index (χ2n) is 6.56. The fraction of sp³-hybridized carbons (Fsp3) is 0.474. The number of aromatic nitrogens is 2. The molecule has 4 nitrogen and oxygen atoms in total. The maximum Gasteiger partial charge on any atom is 0.274 e. The summed E-state index contributed by atoms with van der Waals surface area (Å²) in [5.74, 6) is 0.707. The third-order valence-electron chi connectivity index (χ3n) is 4.65. The highest BCUT2D eigenvalue weighted by atomic mass is 16.2. The molecule has 1 amide bonds. The van der Waals surface area contributed by atoms with Crippen LogP contribution in [0.15, 0.2) is 42.9 Å². The number of carbonyl (C=O) groups is 1. The quantitative estimate of drug-likeness (QED) is 0.850. The summed E-state index contributed by atoms with van der Waals surface area (Å²) >= 11 is 0. The van der Waals surface area contributed by atoms with Crippen molar-refractivity contribution in [1.82, 2.24) is 14.5 Å². The molecular formula is C19H25N3O. The first-order valence-corrected chi connectivity index (χ1v) is 8.53. The molecule has 23 heavy (non-hydrogen) atoms. The zero-order chi connectivity index (χ0) is 16.1. The maximum atomic E-state index is 12.5. The molecule has 1 saturated heterocycles. The Morgan fingerprint density at radius 3 is 2.87 bits per heavy atom. The number of likely N-dealkylation sites (tertiary alicyclic amines) is 1. The summed E-state index contributed by atoms with van der Waals surface area (Å²) in [7, 11) is 1.90. The summed E-state index contributed by atoms with van der Waals surface area (Å²) in [6, 6.07) is 10.6. The van der Waals surface area contributed by atoms with Crippen molar-refractivity contribution in [3.8, 4) is 0 Å². The van der Waals surface area contributed by atoms with Gasteiger partial charge in [0.1, 0.15) is 5.69 Å². The monoisotopic (exact) mass is 311 g/mol. The summed E-state index contributed by atoms with van der Waals surface area (Å²) in [6.07, 6.45) is 9.36. The van der Waals surface area contributed by atoms with Gasteiger partial charge in [-0.25, -0.2) is 4.98 Å². The molecule has 1 aliphatic heterocycles. The molecule has 1 aromatic carbocycles. The van der Waals surface area contributed by atoms with Crippen LogP contribution in [0.25, 0.3) is 0 Å². The Morgan fingerprint density at radius 1 is 1.30 bits per heavy atom. The molecule has 2 aromatic rings. The summed E-state index contributed by atoms with van der Waals surface area (Å²) in [5.41, 5.74) is 1.97. The van der Waals surface area contributed by atoms with Crippen molar-refractivity contribution in [2.24, 2.45) is 13.0 Å². The molecule has 1 atom stereocenters. The molecule has 0 bridgehead atoms. The number of hydrogen-bond donors (Lipinski definition) is 0. The molecule has 4 heteroatoms. The second kappa shape index (κ2) is 7.44. The van der Waals surface area contributed by atoms with E-state index in [0.717, 1.165) is 25.9 Å². The SMILES string of the molecule is Cn1cnc(C(=O)N2CCC[C@H](CCCc3ccccc3)C2)c1. The van der Waals surface area contributed by atoms with E-state index in [1.54, 1.807) is 12.5 Å². The Bertz CT molecular complexity index is 635. The van der Waals surface area contributed by atoms with Gasteiger partial charge in [-0.05, 0) is 43.6 Å². The maximum absolute atomic E-state index is 12.5. The van der Waals surface area contributed by atoms with Crippen LogP contribution in [0.2, 0.25) is 0 Å². The fourth-order valence-electron chi connectivity index (χ4n) is 3.41. The van der Waals surface area contributed by atoms with Crippen LogP contribution in [0, 0.1) is 5.92 Å². The highest BCUT2D eigenvalue weighted by Crippen LogP contribution is 2.23. The molecule has 0 unspecified atom stereocenters. The molecule has 0 radical (unpaired) electrons. The van der Waals surface area contributed by atoms with Crippen LogP contribution in [-0.2, 0) is 13.5 Å². The predicted molar refractivity (Wildman–Crippen MR) is 91.2 cm³/mol. The number of aryl methyl sites for hydroxylation is 2. The van der Waals surface area contributed by atoms with Crippen molar-refractivity contribution in [2.75, 3.05) is 13.1 Å². The van der Waals surface area contributed by atoms with Gasteiger partial charge in [-0.3, -0.25) is 4.79 Å². The van der Waals surface area contributed by atoms with Crippen LogP contribution in [0.1, 0.15) is 41.7 Å². The van der Waals surface area contributed by atoms with Crippen molar-refractivity contribution in [2.45, 2.75) is 32.1 Å². The third-order valence-corrected chi connectivity index (χ3v) is 4.65. The van der Waals surface area contributed by atoms with Crippen LogP contribution in [-0.4, -0.2) is 33.4 Å². The fourth-order valence-corrected chi connectivity index (χ4v) is 3.41. The minimum Gasteiger partial charge on any atom is -0.340 e.